The molecule has 1 aromatic carbocycles. The second kappa shape index (κ2) is 11.0. The number of ether oxygens (including phenoxy) is 1. The number of urea groups is 1. The van der Waals surface area contributed by atoms with Gasteiger partial charge >= 0.3 is 6.03 Å². The first-order valence-electron chi connectivity index (χ1n) is 9.70. The first kappa shape index (κ1) is 23.0. The minimum absolute atomic E-state index is 0.0373. The smallest absolute Gasteiger partial charge is 0.321 e. The van der Waals surface area contributed by atoms with Crippen LogP contribution in [0.25, 0.3) is 0 Å². The van der Waals surface area contributed by atoms with E-state index in [0.29, 0.717) is 22.4 Å². The molecule has 0 aliphatic heterocycles. The Morgan fingerprint density at radius 2 is 1.86 bits per heavy atom. The van der Waals surface area contributed by atoms with E-state index in [1.807, 2.05) is 0 Å². The van der Waals surface area contributed by atoms with Crippen molar-refractivity contribution < 1.29 is 19.1 Å². The Labute approximate surface area is 176 Å². The van der Waals surface area contributed by atoms with Crippen LogP contribution in [0.2, 0.25) is 5.02 Å². The maximum atomic E-state index is 12.2. The van der Waals surface area contributed by atoms with Crippen molar-refractivity contribution in [1.29, 1.82) is 0 Å². The fraction of sp³-hybridized carbons (Fsp3) is 0.550. The molecule has 1 aliphatic carbocycles. The highest BCUT2D eigenvalue weighted by Crippen LogP contribution is 2.27. The molecule has 0 unspecified atom stereocenters. The van der Waals surface area contributed by atoms with Crippen molar-refractivity contribution in [1.82, 2.24) is 15.5 Å². The molecule has 4 amide bonds. The van der Waals surface area contributed by atoms with Gasteiger partial charge in [0.15, 0.2) is 0 Å². The first-order valence-corrected chi connectivity index (χ1v) is 10.1. The van der Waals surface area contributed by atoms with Crippen molar-refractivity contribution in [3.8, 4) is 5.75 Å². The van der Waals surface area contributed by atoms with E-state index < -0.39 is 11.9 Å². The Hall–Kier alpha value is -2.32. The molecule has 1 aliphatic rings. The number of nitrogens with zero attached hydrogens (tertiary/aromatic N) is 1. The summed E-state index contributed by atoms with van der Waals surface area (Å²) in [6, 6.07) is 4.50. The summed E-state index contributed by atoms with van der Waals surface area (Å²) in [5, 5.41) is 8.37. The van der Waals surface area contributed by atoms with Crippen LogP contribution in [0.3, 0.4) is 0 Å². The van der Waals surface area contributed by atoms with Gasteiger partial charge in [-0.2, -0.15) is 0 Å². The average molecular weight is 425 g/mol. The van der Waals surface area contributed by atoms with Crippen molar-refractivity contribution in [3.63, 3.8) is 0 Å². The van der Waals surface area contributed by atoms with Crippen molar-refractivity contribution in [2.75, 3.05) is 32.6 Å². The zero-order valence-electron chi connectivity index (χ0n) is 17.1. The Kier molecular flexibility index (Phi) is 8.72. The van der Waals surface area contributed by atoms with Crippen LogP contribution in [-0.4, -0.2) is 56.0 Å². The third kappa shape index (κ3) is 7.55. The largest absolute Gasteiger partial charge is 0.495 e. The molecule has 0 bridgehead atoms. The number of benzene rings is 1. The van der Waals surface area contributed by atoms with E-state index in [0.717, 1.165) is 19.3 Å². The molecular formula is C20H29ClN4O4. The number of rotatable bonds is 7. The number of imide groups is 1. The van der Waals surface area contributed by atoms with Gasteiger partial charge in [-0.1, -0.05) is 31.4 Å². The summed E-state index contributed by atoms with van der Waals surface area (Å²) in [5.41, 5.74) is 0.448. The lowest BCUT2D eigenvalue weighted by Crippen LogP contribution is -2.50. The topological polar surface area (TPSA) is 99.8 Å². The number of carbonyl (C=O) groups excluding carboxylic acids is 3. The molecule has 1 saturated carbocycles. The lowest BCUT2D eigenvalue weighted by molar-refractivity contribution is -0.122. The fourth-order valence-corrected chi connectivity index (χ4v) is 3.59. The quantitative estimate of drug-likeness (QED) is 0.624. The summed E-state index contributed by atoms with van der Waals surface area (Å²) in [5.74, 6) is 0.0826. The normalized spacial score (nSPS) is 18.8. The van der Waals surface area contributed by atoms with Gasteiger partial charge in [0.25, 0.3) is 0 Å². The molecular weight excluding hydrogens is 396 g/mol. The number of anilines is 1. The molecule has 160 valence electrons. The summed E-state index contributed by atoms with van der Waals surface area (Å²) in [7, 11) is 3.12. The number of nitrogens with one attached hydrogen (secondary N) is 3. The predicted octanol–water partition coefficient (Wildman–Crippen LogP) is 2.62. The van der Waals surface area contributed by atoms with E-state index in [9.17, 15) is 14.4 Å². The molecule has 3 N–H and O–H groups in total. The number of methoxy groups -OCH3 is 1. The summed E-state index contributed by atoms with van der Waals surface area (Å²) in [6.07, 6.45) is 4.26. The highest BCUT2D eigenvalue weighted by atomic mass is 35.5. The molecule has 8 nitrogen and oxygen atoms in total. The molecule has 0 saturated heterocycles. The number of halogens is 1. The van der Waals surface area contributed by atoms with E-state index in [4.69, 9.17) is 16.3 Å². The van der Waals surface area contributed by atoms with E-state index in [-0.39, 0.29) is 25.0 Å². The van der Waals surface area contributed by atoms with Gasteiger partial charge in [0, 0.05) is 11.1 Å². The van der Waals surface area contributed by atoms with Gasteiger partial charge in [0.1, 0.15) is 5.75 Å². The molecule has 0 heterocycles. The number of hydrogen-bond donors (Lipinski definition) is 3. The lowest BCUT2D eigenvalue weighted by Gasteiger charge is -2.29. The maximum Gasteiger partial charge on any atom is 0.321 e. The highest BCUT2D eigenvalue weighted by Gasteiger charge is 2.23. The molecule has 0 radical (unpaired) electrons. The van der Waals surface area contributed by atoms with Crippen LogP contribution in [0, 0.1) is 5.92 Å². The lowest BCUT2D eigenvalue weighted by atomic mass is 9.86. The zero-order chi connectivity index (χ0) is 21.4. The van der Waals surface area contributed by atoms with Gasteiger partial charge in [-0.25, -0.2) is 4.79 Å². The van der Waals surface area contributed by atoms with Gasteiger partial charge in [-0.05, 0) is 44.0 Å². The fourth-order valence-electron chi connectivity index (χ4n) is 3.42. The molecule has 29 heavy (non-hydrogen) atoms. The van der Waals surface area contributed by atoms with E-state index >= 15 is 0 Å². The van der Waals surface area contributed by atoms with Crippen molar-refractivity contribution >= 4 is 35.1 Å². The van der Waals surface area contributed by atoms with E-state index in [1.165, 1.54) is 18.4 Å². The van der Waals surface area contributed by atoms with Gasteiger partial charge in [0.2, 0.25) is 11.8 Å². The van der Waals surface area contributed by atoms with Crippen LogP contribution in [0.1, 0.15) is 32.6 Å². The molecule has 2 atom stereocenters. The van der Waals surface area contributed by atoms with Gasteiger partial charge in [-0.15, -0.1) is 0 Å². The summed E-state index contributed by atoms with van der Waals surface area (Å²) >= 11 is 5.95. The average Bonchev–Trinajstić information content (AvgIpc) is 2.63. The van der Waals surface area contributed by atoms with Gasteiger partial charge < -0.3 is 15.4 Å². The van der Waals surface area contributed by atoms with Crippen molar-refractivity contribution in [2.45, 2.75) is 38.6 Å². The number of likely N-dealkylation sites (N-methyl/N-ethyl adjacent to an activating group) is 1. The predicted molar refractivity (Wildman–Crippen MR) is 112 cm³/mol. The zero-order valence-corrected chi connectivity index (χ0v) is 17.8. The van der Waals surface area contributed by atoms with Crippen molar-refractivity contribution in [2.24, 2.45) is 5.92 Å². The van der Waals surface area contributed by atoms with Crippen LogP contribution in [0.4, 0.5) is 10.5 Å². The Bertz CT molecular complexity index is 743. The van der Waals surface area contributed by atoms with E-state index in [2.05, 4.69) is 22.9 Å². The summed E-state index contributed by atoms with van der Waals surface area (Å²) in [4.78, 5) is 37.9. The van der Waals surface area contributed by atoms with Crippen LogP contribution < -0.4 is 20.7 Å². The summed E-state index contributed by atoms with van der Waals surface area (Å²) < 4.78 is 5.19. The third-order valence-electron chi connectivity index (χ3n) is 4.94. The number of hydrogen-bond acceptors (Lipinski definition) is 5. The van der Waals surface area contributed by atoms with E-state index in [1.54, 1.807) is 25.2 Å². The summed E-state index contributed by atoms with van der Waals surface area (Å²) in [6.45, 7) is 1.98. The Morgan fingerprint density at radius 3 is 2.55 bits per heavy atom. The first-order chi connectivity index (χ1) is 13.8. The molecule has 0 aromatic heterocycles. The second-order valence-electron chi connectivity index (χ2n) is 7.45. The Morgan fingerprint density at radius 1 is 1.17 bits per heavy atom. The second-order valence-corrected chi connectivity index (χ2v) is 7.89. The minimum atomic E-state index is -0.490. The molecule has 9 heteroatoms. The van der Waals surface area contributed by atoms with Crippen LogP contribution >= 0.6 is 11.6 Å². The van der Waals surface area contributed by atoms with Crippen LogP contribution in [-0.2, 0) is 9.59 Å². The van der Waals surface area contributed by atoms with Gasteiger partial charge in [-0.3, -0.25) is 19.8 Å². The third-order valence-corrected chi connectivity index (χ3v) is 5.18. The maximum absolute atomic E-state index is 12.2. The number of carbonyl (C=O) groups is 3. The van der Waals surface area contributed by atoms with Crippen LogP contribution in [0.5, 0.6) is 5.75 Å². The van der Waals surface area contributed by atoms with Gasteiger partial charge in [0.05, 0.1) is 25.9 Å². The minimum Gasteiger partial charge on any atom is -0.495 e. The molecule has 1 fully saturated rings. The van der Waals surface area contributed by atoms with Crippen LogP contribution in [0.15, 0.2) is 18.2 Å². The standard InChI is InChI=1S/C20H29ClN4O4/c1-13-6-4-5-7-15(13)23-20(28)24-19(27)12-25(2)11-18(26)22-16-10-14(21)8-9-17(16)29-3/h8-10,13,15H,4-7,11-12H2,1-3H3,(H,22,26)(H2,23,24,27,28)/t13-,15-/m0/s1. The van der Waals surface area contributed by atoms with Crippen molar-refractivity contribution in [3.05, 3.63) is 23.2 Å². The SMILES string of the molecule is COc1ccc(Cl)cc1NC(=O)CN(C)CC(=O)NC(=O)N[C@H]1CCCC[C@@H]1C. The molecule has 1 aromatic rings. The number of amides is 4. The Balaban J connectivity index is 1.77. The monoisotopic (exact) mass is 424 g/mol. The molecule has 2 rings (SSSR count). The molecule has 0 spiro atoms. The highest BCUT2D eigenvalue weighted by molar-refractivity contribution is 6.31.